The van der Waals surface area contributed by atoms with Crippen LogP contribution >= 0.6 is 23.1 Å². The number of hydrogen-bond donors (Lipinski definition) is 3. The Balaban J connectivity index is 1.89. The van der Waals surface area contributed by atoms with Crippen LogP contribution in [0.1, 0.15) is 38.1 Å². The van der Waals surface area contributed by atoms with Gasteiger partial charge in [-0.15, -0.1) is 0 Å². The van der Waals surface area contributed by atoms with E-state index >= 15 is 0 Å². The Hall–Kier alpha value is -2.04. The van der Waals surface area contributed by atoms with Crippen LogP contribution in [0.2, 0.25) is 0 Å². The van der Waals surface area contributed by atoms with Crippen molar-refractivity contribution in [1.29, 1.82) is 0 Å². The number of pyridine rings is 1. The molecular formula is C18H23FN6OS2. The van der Waals surface area contributed by atoms with Crippen molar-refractivity contribution in [3.05, 3.63) is 29.8 Å². The average molecular weight is 423 g/mol. The first-order valence-electron chi connectivity index (χ1n) is 8.95. The molecule has 0 aliphatic rings. The van der Waals surface area contributed by atoms with Gasteiger partial charge in [0, 0.05) is 0 Å². The largest absolute Gasteiger partial charge is 0.394 e. The van der Waals surface area contributed by atoms with Gasteiger partial charge in [-0.25, -0.2) is 19.3 Å². The highest BCUT2D eigenvalue weighted by molar-refractivity contribution is 7.99. The quantitative estimate of drug-likeness (QED) is 0.371. The number of hydrogen-bond acceptors (Lipinski definition) is 9. The molecule has 4 N–H and O–H groups in total. The second-order valence-electron chi connectivity index (χ2n) is 6.87. The molecule has 3 aromatic rings. The van der Waals surface area contributed by atoms with Crippen molar-refractivity contribution < 1.29 is 9.50 Å². The van der Waals surface area contributed by atoms with Crippen molar-refractivity contribution in [3.8, 4) is 0 Å². The third-order valence-electron chi connectivity index (χ3n) is 4.02. The number of aliphatic hydroxyl groups is 1. The summed E-state index contributed by atoms with van der Waals surface area (Å²) >= 11 is 2.71. The number of fused-ring (bicyclic) bond motifs is 1. The number of nitrogens with zero attached hydrogens (tertiary/aromatic N) is 4. The molecule has 3 aromatic heterocycles. The van der Waals surface area contributed by atoms with Gasteiger partial charge in [-0.1, -0.05) is 36.9 Å². The summed E-state index contributed by atoms with van der Waals surface area (Å²) in [6.07, 6.45) is 2.00. The highest BCUT2D eigenvalue weighted by atomic mass is 32.2. The van der Waals surface area contributed by atoms with Crippen molar-refractivity contribution >= 4 is 44.4 Å². The van der Waals surface area contributed by atoms with Gasteiger partial charge in [0.25, 0.3) is 0 Å². The number of aliphatic hydroxyl groups excluding tert-OH is 1. The number of aromatic nitrogens is 4. The molecule has 3 rings (SSSR count). The van der Waals surface area contributed by atoms with E-state index in [-0.39, 0.29) is 23.7 Å². The van der Waals surface area contributed by atoms with Gasteiger partial charge in [0.1, 0.15) is 10.5 Å². The average Bonchev–Trinajstić information content (AvgIpc) is 3.01. The summed E-state index contributed by atoms with van der Waals surface area (Å²) in [5, 5.41) is 13.9. The molecule has 2 atom stereocenters. The smallest absolute Gasteiger partial charge is 0.192 e. The number of nitrogen functional groups attached to an aromatic ring is 1. The van der Waals surface area contributed by atoms with Crippen molar-refractivity contribution in [2.75, 3.05) is 17.7 Å². The van der Waals surface area contributed by atoms with Gasteiger partial charge < -0.3 is 16.2 Å². The Bertz CT molecular complexity index is 934. The van der Waals surface area contributed by atoms with E-state index in [9.17, 15) is 9.50 Å². The molecular weight excluding hydrogens is 399 g/mol. The molecule has 28 heavy (non-hydrogen) atoms. The van der Waals surface area contributed by atoms with E-state index in [1.54, 1.807) is 6.07 Å². The van der Waals surface area contributed by atoms with Crippen molar-refractivity contribution in [2.24, 2.45) is 5.92 Å². The molecule has 10 heteroatoms. The molecule has 0 aromatic carbocycles. The SMILES string of the molecule is CC(C)C[C@@H](CO)Nc1nc(S[C@@H](C)c2ccc(F)cn2)nc2nc(N)sc12. The van der Waals surface area contributed by atoms with Crippen LogP contribution in [0, 0.1) is 11.7 Å². The van der Waals surface area contributed by atoms with Gasteiger partial charge in [0.15, 0.2) is 21.8 Å². The number of nitrogens with one attached hydrogen (secondary N) is 1. The van der Waals surface area contributed by atoms with E-state index in [1.807, 2.05) is 6.92 Å². The van der Waals surface area contributed by atoms with E-state index in [0.29, 0.717) is 27.7 Å². The van der Waals surface area contributed by atoms with Gasteiger partial charge >= 0.3 is 0 Å². The minimum Gasteiger partial charge on any atom is -0.394 e. The molecule has 0 radical (unpaired) electrons. The summed E-state index contributed by atoms with van der Waals surface area (Å²) < 4.78 is 13.9. The molecule has 0 fully saturated rings. The zero-order valence-electron chi connectivity index (χ0n) is 15.9. The summed E-state index contributed by atoms with van der Waals surface area (Å²) in [7, 11) is 0. The summed E-state index contributed by atoms with van der Waals surface area (Å²) in [4.78, 5) is 17.5. The molecule has 3 heterocycles. The summed E-state index contributed by atoms with van der Waals surface area (Å²) in [5.41, 5.74) is 7.12. The van der Waals surface area contributed by atoms with Gasteiger partial charge in [0.05, 0.1) is 29.8 Å². The summed E-state index contributed by atoms with van der Waals surface area (Å²) in [6.45, 7) is 6.15. The van der Waals surface area contributed by atoms with Crippen LogP contribution in [-0.2, 0) is 0 Å². The van der Waals surface area contributed by atoms with Crippen LogP contribution in [0.3, 0.4) is 0 Å². The maximum absolute atomic E-state index is 13.1. The lowest BCUT2D eigenvalue weighted by Crippen LogP contribution is -2.26. The number of nitrogens with two attached hydrogens (primary N) is 1. The van der Waals surface area contributed by atoms with Crippen molar-refractivity contribution in [3.63, 3.8) is 0 Å². The Kier molecular flexibility index (Phi) is 6.63. The maximum Gasteiger partial charge on any atom is 0.192 e. The normalized spacial score (nSPS) is 13.8. The number of anilines is 2. The fraction of sp³-hybridized carbons (Fsp3) is 0.444. The first-order valence-corrected chi connectivity index (χ1v) is 10.6. The van der Waals surface area contributed by atoms with Gasteiger partial charge in [0.2, 0.25) is 0 Å². The minimum absolute atomic E-state index is 0.00363. The monoisotopic (exact) mass is 422 g/mol. The predicted octanol–water partition coefficient (Wildman–Crippen LogP) is 3.87. The second kappa shape index (κ2) is 8.97. The number of halogens is 1. The molecule has 0 saturated heterocycles. The molecule has 0 aliphatic carbocycles. The highest BCUT2D eigenvalue weighted by Crippen LogP contribution is 2.36. The molecule has 150 valence electrons. The first-order chi connectivity index (χ1) is 13.4. The molecule has 7 nitrogen and oxygen atoms in total. The van der Waals surface area contributed by atoms with E-state index in [4.69, 9.17) is 5.73 Å². The van der Waals surface area contributed by atoms with Crippen molar-refractivity contribution in [1.82, 2.24) is 19.9 Å². The van der Waals surface area contributed by atoms with Crippen LogP contribution < -0.4 is 11.1 Å². The van der Waals surface area contributed by atoms with Crippen molar-refractivity contribution in [2.45, 2.75) is 43.6 Å². The highest BCUT2D eigenvalue weighted by Gasteiger charge is 2.19. The molecule has 0 aliphatic heterocycles. The standard InChI is InChI=1S/C18H23FN6OS2/c1-9(2)6-12(8-26)22-15-14-16(23-17(20)28-14)25-18(24-15)27-10(3)13-5-4-11(19)7-21-13/h4-5,7,9-10,12,26H,6,8H2,1-3H3,(H3,20,22,23,24,25)/t10-,12-/m0/s1. The van der Waals surface area contributed by atoms with E-state index in [1.165, 1.54) is 35.4 Å². The summed E-state index contributed by atoms with van der Waals surface area (Å²) in [6, 6.07) is 2.90. The van der Waals surface area contributed by atoms with Gasteiger partial charge in [-0.3, -0.25) is 4.98 Å². The van der Waals surface area contributed by atoms with E-state index in [2.05, 4.69) is 39.1 Å². The Morgan fingerprint density at radius 1 is 1.25 bits per heavy atom. The molecule has 0 saturated carbocycles. The topological polar surface area (TPSA) is 110 Å². The zero-order chi connectivity index (χ0) is 20.3. The molecule has 0 bridgehead atoms. The third kappa shape index (κ3) is 5.06. The van der Waals surface area contributed by atoms with Gasteiger partial charge in [-0.05, 0) is 31.4 Å². The van der Waals surface area contributed by atoms with Crippen LogP contribution in [0.5, 0.6) is 0 Å². The van der Waals surface area contributed by atoms with E-state index < -0.39 is 0 Å². The Labute approximate surface area is 171 Å². The van der Waals surface area contributed by atoms with E-state index in [0.717, 1.165) is 16.8 Å². The number of thiazole rings is 1. The third-order valence-corrected chi connectivity index (χ3v) is 5.88. The van der Waals surface area contributed by atoms with Crippen LogP contribution in [-0.4, -0.2) is 37.7 Å². The fourth-order valence-corrected chi connectivity index (χ4v) is 4.34. The fourth-order valence-electron chi connectivity index (χ4n) is 2.76. The molecule has 0 amide bonds. The second-order valence-corrected chi connectivity index (χ2v) is 9.21. The lowest BCUT2D eigenvalue weighted by molar-refractivity contribution is 0.259. The van der Waals surface area contributed by atoms with Crippen LogP contribution in [0.15, 0.2) is 23.5 Å². The Morgan fingerprint density at radius 2 is 2.04 bits per heavy atom. The van der Waals surface area contributed by atoms with Gasteiger partial charge in [-0.2, -0.15) is 0 Å². The Morgan fingerprint density at radius 3 is 2.68 bits per heavy atom. The van der Waals surface area contributed by atoms with Crippen LogP contribution in [0.25, 0.3) is 10.3 Å². The lowest BCUT2D eigenvalue weighted by Gasteiger charge is -2.19. The predicted molar refractivity (Wildman–Crippen MR) is 112 cm³/mol. The van der Waals surface area contributed by atoms with Crippen LogP contribution in [0.4, 0.5) is 15.3 Å². The maximum atomic E-state index is 13.1. The molecule has 0 unspecified atom stereocenters. The number of rotatable bonds is 8. The number of thioether (sulfide) groups is 1. The minimum atomic E-state index is -0.372. The zero-order valence-corrected chi connectivity index (χ0v) is 17.5. The summed E-state index contributed by atoms with van der Waals surface area (Å²) in [5.74, 6) is 0.663. The first kappa shape index (κ1) is 20.7. The lowest BCUT2D eigenvalue weighted by atomic mass is 10.0. The molecule has 0 spiro atoms.